The summed E-state index contributed by atoms with van der Waals surface area (Å²) in [5, 5.41) is 9.87. The van der Waals surface area contributed by atoms with Crippen LogP contribution in [0.25, 0.3) is 76.5 Å². The Kier molecular flexibility index (Phi) is 5.53. The van der Waals surface area contributed by atoms with E-state index in [1.807, 2.05) is 0 Å². The Bertz CT molecular complexity index is 2340. The van der Waals surface area contributed by atoms with Crippen LogP contribution in [0.5, 0.6) is 0 Å². The Morgan fingerprint density at radius 2 is 0.881 bits per heavy atom. The van der Waals surface area contributed by atoms with Gasteiger partial charge in [-0.1, -0.05) is 95.9 Å². The summed E-state index contributed by atoms with van der Waals surface area (Å²) >= 11 is 0. The SMILES string of the molecule is Bc1c(B)c(B)c(-c2c3ccccc3c(-c3cccc4oc5cc6ccccc6cc5c34)c3ccccc23)c(B)c1B. The molecule has 6 heteroatoms. The van der Waals surface area contributed by atoms with E-state index in [2.05, 4.69) is 142 Å². The van der Waals surface area contributed by atoms with Gasteiger partial charge in [-0.2, -0.15) is 0 Å². The minimum Gasteiger partial charge on any atom is -0.456 e. The Hall–Kier alpha value is -4.56. The summed E-state index contributed by atoms with van der Waals surface area (Å²) in [6, 6.07) is 37.5. The summed E-state index contributed by atoms with van der Waals surface area (Å²) in [6.45, 7) is 0. The highest BCUT2D eigenvalue weighted by Gasteiger charge is 2.22. The Morgan fingerprint density at radius 3 is 1.48 bits per heavy atom. The zero-order chi connectivity index (χ0) is 28.7. The molecular formula is C36H27B5O. The van der Waals surface area contributed by atoms with E-state index in [-0.39, 0.29) is 0 Å². The predicted molar refractivity (Wildman–Crippen MR) is 198 cm³/mol. The van der Waals surface area contributed by atoms with Gasteiger partial charge < -0.3 is 4.42 Å². The second kappa shape index (κ2) is 9.23. The normalized spacial score (nSPS) is 11.8. The van der Waals surface area contributed by atoms with Crippen LogP contribution in [-0.2, 0) is 0 Å². The molecule has 0 spiro atoms. The highest BCUT2D eigenvalue weighted by molar-refractivity contribution is 6.69. The molecule has 0 radical (unpaired) electrons. The Morgan fingerprint density at radius 1 is 0.381 bits per heavy atom. The summed E-state index contributed by atoms with van der Waals surface area (Å²) in [5.41, 5.74) is 13.9. The molecular weight excluding hydrogens is 502 g/mol. The van der Waals surface area contributed by atoms with E-state index in [0.717, 1.165) is 16.6 Å². The molecule has 0 unspecified atom stereocenters. The average Bonchev–Trinajstić information content (AvgIpc) is 3.39. The third-order valence-electron chi connectivity index (χ3n) is 9.81. The maximum atomic E-state index is 6.51. The van der Waals surface area contributed by atoms with Crippen molar-refractivity contribution >= 4 is 121 Å². The van der Waals surface area contributed by atoms with Gasteiger partial charge in [-0.05, 0) is 72.8 Å². The molecule has 1 heterocycles. The van der Waals surface area contributed by atoms with Crippen molar-refractivity contribution in [3.8, 4) is 22.3 Å². The molecule has 42 heavy (non-hydrogen) atoms. The van der Waals surface area contributed by atoms with Crippen molar-refractivity contribution in [1.82, 2.24) is 0 Å². The maximum Gasteiger partial charge on any atom is 0.139 e. The topological polar surface area (TPSA) is 13.1 Å². The van der Waals surface area contributed by atoms with E-state index >= 15 is 0 Å². The number of fused-ring (bicyclic) bond motifs is 6. The van der Waals surface area contributed by atoms with Crippen LogP contribution in [0.3, 0.4) is 0 Å². The van der Waals surface area contributed by atoms with Gasteiger partial charge in [-0.3, -0.25) is 0 Å². The third kappa shape index (κ3) is 3.45. The lowest BCUT2D eigenvalue weighted by Crippen LogP contribution is -2.55. The van der Waals surface area contributed by atoms with Crippen molar-refractivity contribution < 1.29 is 4.42 Å². The van der Waals surface area contributed by atoms with Gasteiger partial charge in [0.05, 0.1) is 0 Å². The van der Waals surface area contributed by atoms with Gasteiger partial charge in [0, 0.05) is 10.8 Å². The van der Waals surface area contributed by atoms with Crippen LogP contribution in [0.2, 0.25) is 0 Å². The summed E-state index contributed by atoms with van der Waals surface area (Å²) in [4.78, 5) is 0. The fourth-order valence-corrected chi connectivity index (χ4v) is 7.28. The first-order valence-electron chi connectivity index (χ1n) is 14.8. The van der Waals surface area contributed by atoms with Crippen molar-refractivity contribution in [3.63, 3.8) is 0 Å². The molecule has 8 aromatic rings. The van der Waals surface area contributed by atoms with E-state index < -0.39 is 0 Å². The van der Waals surface area contributed by atoms with Crippen molar-refractivity contribution in [2.45, 2.75) is 0 Å². The first kappa shape index (κ1) is 25.2. The Labute approximate surface area is 250 Å². The highest BCUT2D eigenvalue weighted by atomic mass is 16.3. The van der Waals surface area contributed by atoms with Gasteiger partial charge in [0.2, 0.25) is 0 Å². The van der Waals surface area contributed by atoms with Crippen molar-refractivity contribution in [2.75, 3.05) is 0 Å². The fourth-order valence-electron chi connectivity index (χ4n) is 7.28. The molecule has 8 rings (SSSR count). The molecule has 1 nitrogen and oxygen atoms in total. The number of rotatable bonds is 2. The second-order valence-corrected chi connectivity index (χ2v) is 11.8. The smallest absolute Gasteiger partial charge is 0.139 e. The lowest BCUT2D eigenvalue weighted by molar-refractivity contribution is 0.669. The minimum atomic E-state index is 0.923. The molecule has 0 saturated carbocycles. The van der Waals surface area contributed by atoms with Crippen LogP contribution < -0.4 is 27.3 Å². The van der Waals surface area contributed by atoms with Crippen molar-refractivity contribution in [3.05, 3.63) is 103 Å². The van der Waals surface area contributed by atoms with Gasteiger partial charge in [-0.25, -0.2) is 0 Å². The van der Waals surface area contributed by atoms with Gasteiger partial charge in [0.1, 0.15) is 50.4 Å². The molecule has 0 atom stereocenters. The van der Waals surface area contributed by atoms with Gasteiger partial charge >= 0.3 is 0 Å². The molecule has 7 aromatic carbocycles. The monoisotopic (exact) mass is 530 g/mol. The minimum absolute atomic E-state index is 0.923. The molecule has 0 aliphatic heterocycles. The van der Waals surface area contributed by atoms with E-state index in [9.17, 15) is 0 Å². The van der Waals surface area contributed by atoms with E-state index in [1.165, 1.54) is 87.3 Å². The van der Waals surface area contributed by atoms with Crippen LogP contribution in [0.4, 0.5) is 0 Å². The molecule has 0 fully saturated rings. The second-order valence-electron chi connectivity index (χ2n) is 11.8. The molecule has 0 bridgehead atoms. The highest BCUT2D eigenvalue weighted by Crippen LogP contribution is 2.46. The zero-order valence-electron chi connectivity index (χ0n) is 24.7. The number of hydrogen-bond donors (Lipinski definition) is 0. The summed E-state index contributed by atoms with van der Waals surface area (Å²) in [7, 11) is 11.4. The largest absolute Gasteiger partial charge is 0.456 e. The molecule has 0 amide bonds. The summed E-state index contributed by atoms with van der Waals surface area (Å²) < 4.78 is 6.51. The molecule has 0 aliphatic rings. The lowest BCUT2D eigenvalue weighted by atomic mass is 9.59. The quantitative estimate of drug-likeness (QED) is 0.245. The maximum absolute atomic E-state index is 6.51. The zero-order valence-corrected chi connectivity index (χ0v) is 24.7. The third-order valence-corrected chi connectivity index (χ3v) is 9.81. The molecule has 0 N–H and O–H groups in total. The number of benzene rings is 7. The molecule has 1 aromatic heterocycles. The number of furan rings is 1. The van der Waals surface area contributed by atoms with Crippen LogP contribution >= 0.6 is 0 Å². The molecule has 192 valence electrons. The average molecular weight is 530 g/mol. The predicted octanol–water partition coefficient (Wildman–Crippen LogP) is 1.67. The van der Waals surface area contributed by atoms with E-state index in [4.69, 9.17) is 4.42 Å². The van der Waals surface area contributed by atoms with Crippen LogP contribution in [0.15, 0.2) is 108 Å². The van der Waals surface area contributed by atoms with Crippen molar-refractivity contribution in [2.24, 2.45) is 0 Å². The van der Waals surface area contributed by atoms with Crippen LogP contribution in [0, 0.1) is 0 Å². The first-order chi connectivity index (χ1) is 20.4. The lowest BCUT2D eigenvalue weighted by Gasteiger charge is -2.24. The Balaban J connectivity index is 1.56. The first-order valence-corrected chi connectivity index (χ1v) is 14.8. The number of hydrogen-bond acceptors (Lipinski definition) is 1. The van der Waals surface area contributed by atoms with E-state index in [1.54, 1.807) is 0 Å². The van der Waals surface area contributed by atoms with Crippen molar-refractivity contribution in [1.29, 1.82) is 0 Å². The van der Waals surface area contributed by atoms with Gasteiger partial charge in [0.15, 0.2) is 0 Å². The fraction of sp³-hybridized carbons (Fsp3) is 0. The van der Waals surface area contributed by atoms with Crippen LogP contribution in [0.1, 0.15) is 0 Å². The summed E-state index contributed by atoms with van der Waals surface area (Å²) in [5.74, 6) is 0. The molecule has 0 aliphatic carbocycles. The molecule has 0 saturated heterocycles. The standard InChI is InChI=1S/C36H27B5O/c37-32-31(33(38)35(40)36(41)34(32)39)30-22-12-5-3-10-20(22)28(21-11-4-6-13-23(21)30)24-14-7-15-26-29(24)25-16-18-8-1-2-9-19(18)17-27(25)42-26/h1-17H,37-41H2. The van der Waals surface area contributed by atoms with Gasteiger partial charge in [0.25, 0.3) is 0 Å². The van der Waals surface area contributed by atoms with Gasteiger partial charge in [-0.15, -0.1) is 16.4 Å². The summed E-state index contributed by atoms with van der Waals surface area (Å²) in [6.07, 6.45) is 0. The van der Waals surface area contributed by atoms with Crippen LogP contribution in [-0.4, -0.2) is 39.2 Å². The van der Waals surface area contributed by atoms with E-state index in [0.29, 0.717) is 0 Å².